The summed E-state index contributed by atoms with van der Waals surface area (Å²) >= 11 is 2.08. The molecule has 0 fully saturated rings. The van der Waals surface area contributed by atoms with Crippen molar-refractivity contribution in [3.8, 4) is 0 Å². The predicted octanol–water partition coefficient (Wildman–Crippen LogP) is 2.18. The van der Waals surface area contributed by atoms with E-state index in [0.29, 0.717) is 0 Å². The van der Waals surface area contributed by atoms with Crippen molar-refractivity contribution in [1.29, 1.82) is 0 Å². The third kappa shape index (κ3) is 5.97. The molecule has 0 heterocycles. The largest absolute Gasteiger partial charge is 1.00 e. The molecule has 0 saturated carbocycles. The summed E-state index contributed by atoms with van der Waals surface area (Å²) in [5.41, 5.74) is 0. The van der Waals surface area contributed by atoms with Crippen LogP contribution in [0.15, 0.2) is 109 Å². The van der Waals surface area contributed by atoms with E-state index in [4.69, 9.17) is 0 Å². The number of halogens is 2. The molecule has 0 unspecified atom stereocenters. The molecular formula is C29H24Cl2Ti-2. The maximum Gasteiger partial charge on any atom is -0.0370 e. The van der Waals surface area contributed by atoms with Gasteiger partial charge in [-0.25, -0.2) is 0 Å². The predicted molar refractivity (Wildman–Crippen MR) is 130 cm³/mol. The fourth-order valence-corrected chi connectivity index (χ4v) is 3.78. The van der Waals surface area contributed by atoms with E-state index in [2.05, 4.69) is 143 Å². The number of hydrogen-bond donors (Lipinski definition) is 0. The van der Waals surface area contributed by atoms with Crippen LogP contribution in [0.4, 0.5) is 0 Å². The first-order chi connectivity index (χ1) is 14.6. The molecule has 0 bridgehead atoms. The van der Waals surface area contributed by atoms with Gasteiger partial charge in [0.1, 0.15) is 0 Å². The number of rotatable bonds is 0. The van der Waals surface area contributed by atoms with Gasteiger partial charge in [0.15, 0.2) is 0 Å². The summed E-state index contributed by atoms with van der Waals surface area (Å²) in [6.45, 7) is 4.17. The van der Waals surface area contributed by atoms with Crippen molar-refractivity contribution >= 4 is 46.9 Å². The molecule has 0 aliphatic rings. The molecule has 0 aliphatic carbocycles. The maximum atomic E-state index is 2.18. The minimum atomic E-state index is 0. The molecule has 6 aromatic carbocycles. The Morgan fingerprint density at radius 3 is 1.31 bits per heavy atom. The van der Waals surface area contributed by atoms with E-state index in [1.54, 1.807) is 0 Å². The van der Waals surface area contributed by atoms with Gasteiger partial charge >= 0.3 is 37.6 Å². The van der Waals surface area contributed by atoms with E-state index in [1.165, 1.54) is 46.9 Å². The number of benzene rings is 4. The van der Waals surface area contributed by atoms with E-state index >= 15 is 0 Å². The van der Waals surface area contributed by atoms with Gasteiger partial charge in [-0.3, -0.25) is 0 Å². The third-order valence-electron chi connectivity index (χ3n) is 5.09. The van der Waals surface area contributed by atoms with E-state index in [0.717, 1.165) is 0 Å². The Balaban J connectivity index is 0.000000185. The molecular weight excluding hydrogens is 467 g/mol. The quantitative estimate of drug-likeness (QED) is 0.226. The summed E-state index contributed by atoms with van der Waals surface area (Å²) in [6, 6.07) is 38.6. The van der Waals surface area contributed by atoms with Crippen molar-refractivity contribution in [3.05, 3.63) is 109 Å². The number of hydrogen-bond acceptors (Lipinski definition) is 0. The van der Waals surface area contributed by atoms with Crippen LogP contribution in [0.5, 0.6) is 0 Å². The average Bonchev–Trinajstić information content (AvgIpc) is 3.43. The van der Waals surface area contributed by atoms with Crippen LogP contribution >= 0.6 is 0 Å². The van der Waals surface area contributed by atoms with E-state index in [-0.39, 0.29) is 24.8 Å². The van der Waals surface area contributed by atoms with Gasteiger partial charge in [-0.05, 0) is 10.8 Å². The van der Waals surface area contributed by atoms with Crippen molar-refractivity contribution < 1.29 is 44.8 Å². The van der Waals surface area contributed by atoms with Gasteiger partial charge in [-0.15, -0.1) is 45.8 Å². The molecule has 0 atom stereocenters. The zero-order chi connectivity index (χ0) is 20.9. The van der Waals surface area contributed by atoms with Gasteiger partial charge < -0.3 is 24.8 Å². The molecule has 0 nitrogen and oxygen atoms in total. The fourth-order valence-electron chi connectivity index (χ4n) is 3.78. The van der Waals surface area contributed by atoms with Gasteiger partial charge in [-0.2, -0.15) is 24.3 Å². The molecule has 0 N–H and O–H groups in total. The topological polar surface area (TPSA) is 0 Å². The molecule has 32 heavy (non-hydrogen) atoms. The summed E-state index contributed by atoms with van der Waals surface area (Å²) in [5.74, 6) is 0. The molecule has 6 rings (SSSR count). The van der Waals surface area contributed by atoms with Gasteiger partial charge in [0.2, 0.25) is 0 Å². The monoisotopic (exact) mass is 490 g/mol. The Morgan fingerprint density at radius 2 is 0.906 bits per heavy atom. The second kappa shape index (κ2) is 12.1. The Hall–Kier alpha value is -2.22. The molecule has 0 amide bonds. The molecule has 0 aliphatic heterocycles. The second-order valence-corrected chi connectivity index (χ2v) is 9.19. The van der Waals surface area contributed by atoms with Crippen LogP contribution in [-0.4, -0.2) is 3.81 Å². The molecule has 3 heteroatoms. The maximum absolute atomic E-state index is 2.18. The minimum Gasteiger partial charge on any atom is -1.00 e. The molecule has 0 aromatic heterocycles. The summed E-state index contributed by atoms with van der Waals surface area (Å²) in [6.07, 6.45) is 0. The average molecular weight is 491 g/mol. The van der Waals surface area contributed by atoms with Crippen LogP contribution in [0, 0.1) is 0 Å². The molecule has 160 valence electrons. The SMILES string of the molecule is C[C](C)=[Ti+2].[Cl-].[Cl-].c1ccc2c(c1)ccc1[cH-]ccc12.c1ccc2c(c1)ccc1[cH-]ccc12. The molecule has 0 spiro atoms. The van der Waals surface area contributed by atoms with Crippen LogP contribution in [0.3, 0.4) is 0 Å². The van der Waals surface area contributed by atoms with Gasteiger partial charge in [-0.1, -0.05) is 71.4 Å². The number of fused-ring (bicyclic) bond motifs is 6. The Kier molecular flexibility index (Phi) is 9.88. The zero-order valence-electron chi connectivity index (χ0n) is 18.1. The van der Waals surface area contributed by atoms with Crippen molar-refractivity contribution in [2.45, 2.75) is 13.8 Å². The summed E-state index contributed by atoms with van der Waals surface area (Å²) < 4.78 is 1.42. The van der Waals surface area contributed by atoms with Crippen molar-refractivity contribution in [2.75, 3.05) is 0 Å². The zero-order valence-corrected chi connectivity index (χ0v) is 21.2. The molecule has 0 radical (unpaired) electrons. The first-order valence-electron chi connectivity index (χ1n) is 10.2. The van der Waals surface area contributed by atoms with Crippen LogP contribution < -0.4 is 24.8 Å². The fraction of sp³-hybridized carbons (Fsp3) is 0.0690. The van der Waals surface area contributed by atoms with E-state index in [1.807, 2.05) is 0 Å². The standard InChI is InChI=1S/2C13H9.C3H6.2ClH.Ti/c2*1-2-6-12-10(4-1)8-9-11-5-3-7-13(11)12;1-3-2;;;/h2*1-9H;1-2H3;2*1H;/q2*-1;;;;+2/p-2. The first kappa shape index (κ1) is 26.0. The van der Waals surface area contributed by atoms with Gasteiger partial charge in [0.25, 0.3) is 0 Å². The van der Waals surface area contributed by atoms with E-state index < -0.39 is 0 Å². The smallest absolute Gasteiger partial charge is 0.0370 e. The first-order valence-corrected chi connectivity index (χ1v) is 11.0. The van der Waals surface area contributed by atoms with Gasteiger partial charge in [0.05, 0.1) is 0 Å². The normalized spacial score (nSPS) is 9.88. The third-order valence-corrected chi connectivity index (χ3v) is 5.09. The van der Waals surface area contributed by atoms with Crippen molar-refractivity contribution in [2.24, 2.45) is 0 Å². The van der Waals surface area contributed by atoms with Crippen molar-refractivity contribution in [3.63, 3.8) is 0 Å². The molecule has 0 saturated heterocycles. The van der Waals surface area contributed by atoms with Gasteiger partial charge in [0, 0.05) is 0 Å². The Morgan fingerprint density at radius 1 is 0.531 bits per heavy atom. The van der Waals surface area contributed by atoms with Crippen LogP contribution in [0.25, 0.3) is 43.1 Å². The molecule has 6 aromatic rings. The summed E-state index contributed by atoms with van der Waals surface area (Å²) in [7, 11) is 0. The summed E-state index contributed by atoms with van der Waals surface area (Å²) in [5, 5.41) is 10.7. The van der Waals surface area contributed by atoms with Crippen LogP contribution in [0.1, 0.15) is 13.8 Å². The minimum absolute atomic E-state index is 0. The second-order valence-electron chi connectivity index (χ2n) is 7.63. The van der Waals surface area contributed by atoms with Crippen molar-refractivity contribution in [1.82, 2.24) is 0 Å². The van der Waals surface area contributed by atoms with Crippen LogP contribution in [-0.2, 0) is 20.0 Å². The Labute approximate surface area is 213 Å². The van der Waals surface area contributed by atoms with Crippen LogP contribution in [0.2, 0.25) is 0 Å². The van der Waals surface area contributed by atoms with E-state index in [9.17, 15) is 0 Å². The summed E-state index contributed by atoms with van der Waals surface area (Å²) in [4.78, 5) is 0. The Bertz CT molecular complexity index is 1330.